The predicted molar refractivity (Wildman–Crippen MR) is 114 cm³/mol. The highest BCUT2D eigenvalue weighted by Crippen LogP contribution is 2.18. The third-order valence-corrected chi connectivity index (χ3v) is 4.22. The molecule has 0 aliphatic heterocycles. The number of nitrogens with one attached hydrogen (secondary N) is 1. The lowest BCUT2D eigenvalue weighted by Crippen LogP contribution is -2.27. The number of alkyl halides is 1. The van der Waals surface area contributed by atoms with Crippen LogP contribution in [0.2, 0.25) is 0 Å². The van der Waals surface area contributed by atoms with E-state index in [-0.39, 0.29) is 5.69 Å². The van der Waals surface area contributed by atoms with Gasteiger partial charge in [-0.1, -0.05) is 28.1 Å². The fourth-order valence-electron chi connectivity index (χ4n) is 2.38. The Kier molecular flexibility index (Phi) is 8.01. The minimum absolute atomic E-state index is 0.206. The molecule has 1 aromatic heterocycles. The van der Waals surface area contributed by atoms with E-state index in [1.54, 1.807) is 12.1 Å². The summed E-state index contributed by atoms with van der Waals surface area (Å²) in [5.74, 6) is 0.0452. The third kappa shape index (κ3) is 7.73. The van der Waals surface area contributed by atoms with Crippen LogP contribution in [0.1, 0.15) is 42.5 Å². The first kappa shape index (κ1) is 22.7. The number of benzene rings is 1. The van der Waals surface area contributed by atoms with Crippen LogP contribution in [0.4, 0.5) is 10.5 Å². The van der Waals surface area contributed by atoms with Gasteiger partial charge in [0.05, 0.1) is 19.4 Å². The minimum Gasteiger partial charge on any atom is -0.493 e. The molecular formula is C21H25BrN2O5. The summed E-state index contributed by atoms with van der Waals surface area (Å²) in [6, 6.07) is 10.8. The number of nitrogens with zero attached hydrogens (tertiary/aromatic N) is 1. The van der Waals surface area contributed by atoms with Crippen molar-refractivity contribution in [3.8, 4) is 5.75 Å². The van der Waals surface area contributed by atoms with Crippen molar-refractivity contribution in [1.29, 1.82) is 0 Å². The summed E-state index contributed by atoms with van der Waals surface area (Å²) in [5.41, 5.74) is 2.04. The molecule has 0 radical (unpaired) electrons. The molecule has 8 heteroatoms. The molecular weight excluding hydrogens is 440 g/mol. The summed E-state index contributed by atoms with van der Waals surface area (Å²) in [6.45, 7) is 5.86. The van der Waals surface area contributed by atoms with Crippen LogP contribution in [0.5, 0.6) is 5.75 Å². The summed E-state index contributed by atoms with van der Waals surface area (Å²) >= 11 is 3.33. The zero-order chi connectivity index (χ0) is 21.4. The van der Waals surface area contributed by atoms with Crippen molar-refractivity contribution in [3.63, 3.8) is 0 Å². The number of carbonyl (C=O) groups is 2. The van der Waals surface area contributed by atoms with Gasteiger partial charge in [-0.2, -0.15) is 0 Å². The van der Waals surface area contributed by atoms with E-state index in [0.29, 0.717) is 35.5 Å². The maximum atomic E-state index is 11.8. The molecule has 1 aromatic carbocycles. The van der Waals surface area contributed by atoms with E-state index in [4.69, 9.17) is 14.2 Å². The van der Waals surface area contributed by atoms with Crippen LogP contribution in [0.3, 0.4) is 0 Å². The number of aromatic nitrogens is 1. The standard InChI is InChI=1S/C21H25BrN2O5/c1-21(2,3)29-20(26)24-15-7-5-14(6-8-15)9-10-28-17-11-16(13-22)23-18(12-17)19(25)27-4/h5-8,11-12H,9-10,13H2,1-4H3,(H,24,26). The zero-order valence-electron chi connectivity index (χ0n) is 17.0. The maximum Gasteiger partial charge on any atom is 0.412 e. The first-order valence-corrected chi connectivity index (χ1v) is 10.2. The van der Waals surface area contributed by atoms with Crippen LogP contribution >= 0.6 is 15.9 Å². The van der Waals surface area contributed by atoms with Gasteiger partial charge in [0.15, 0.2) is 5.69 Å². The Hall–Kier alpha value is -2.61. The van der Waals surface area contributed by atoms with E-state index >= 15 is 0 Å². The maximum absolute atomic E-state index is 11.8. The van der Waals surface area contributed by atoms with Crippen LogP contribution in [-0.2, 0) is 21.2 Å². The second kappa shape index (κ2) is 10.2. The molecule has 1 N–H and O–H groups in total. The number of rotatable bonds is 7. The molecule has 0 aliphatic carbocycles. The van der Waals surface area contributed by atoms with Gasteiger partial charge in [-0.3, -0.25) is 5.32 Å². The zero-order valence-corrected chi connectivity index (χ0v) is 18.5. The van der Waals surface area contributed by atoms with Gasteiger partial charge in [0.2, 0.25) is 0 Å². The second-order valence-corrected chi connectivity index (χ2v) is 7.79. The first-order valence-electron chi connectivity index (χ1n) is 9.07. The van der Waals surface area contributed by atoms with E-state index in [1.165, 1.54) is 7.11 Å². The fourth-order valence-corrected chi connectivity index (χ4v) is 2.67. The molecule has 0 atom stereocenters. The first-order chi connectivity index (χ1) is 13.7. The number of amides is 1. The highest BCUT2D eigenvalue weighted by Gasteiger charge is 2.16. The fraction of sp³-hybridized carbons (Fsp3) is 0.381. The van der Waals surface area contributed by atoms with Gasteiger partial charge in [0.1, 0.15) is 11.4 Å². The lowest BCUT2D eigenvalue weighted by molar-refractivity contribution is 0.0591. The molecule has 0 saturated heterocycles. The molecule has 2 rings (SSSR count). The van der Waals surface area contributed by atoms with Crippen molar-refractivity contribution in [2.45, 2.75) is 38.1 Å². The number of esters is 1. The van der Waals surface area contributed by atoms with E-state index in [2.05, 4.69) is 26.2 Å². The Balaban J connectivity index is 1.91. The van der Waals surface area contributed by atoms with Gasteiger partial charge in [-0.25, -0.2) is 14.6 Å². The van der Waals surface area contributed by atoms with Crippen molar-refractivity contribution in [2.75, 3.05) is 19.0 Å². The molecule has 1 amide bonds. The summed E-state index contributed by atoms with van der Waals surface area (Å²) in [6.07, 6.45) is 0.168. The molecule has 0 aliphatic rings. The van der Waals surface area contributed by atoms with E-state index in [0.717, 1.165) is 5.56 Å². The highest BCUT2D eigenvalue weighted by molar-refractivity contribution is 9.08. The highest BCUT2D eigenvalue weighted by atomic mass is 79.9. The van der Waals surface area contributed by atoms with Gasteiger partial charge in [-0.05, 0) is 38.5 Å². The third-order valence-electron chi connectivity index (χ3n) is 3.64. The number of anilines is 1. The van der Waals surface area contributed by atoms with Crippen LogP contribution in [-0.4, -0.2) is 36.4 Å². The lowest BCUT2D eigenvalue weighted by atomic mass is 10.1. The van der Waals surface area contributed by atoms with Gasteiger partial charge < -0.3 is 14.2 Å². The molecule has 0 spiro atoms. The SMILES string of the molecule is COC(=O)c1cc(OCCc2ccc(NC(=O)OC(C)(C)C)cc2)cc(CBr)n1. The number of methoxy groups -OCH3 is 1. The van der Waals surface area contributed by atoms with Crippen molar-refractivity contribution < 1.29 is 23.8 Å². The summed E-state index contributed by atoms with van der Waals surface area (Å²) in [7, 11) is 1.31. The Labute approximate surface area is 178 Å². The smallest absolute Gasteiger partial charge is 0.412 e. The van der Waals surface area contributed by atoms with E-state index < -0.39 is 17.7 Å². The van der Waals surface area contributed by atoms with Crippen LogP contribution in [0.15, 0.2) is 36.4 Å². The van der Waals surface area contributed by atoms with Crippen LogP contribution in [0, 0.1) is 0 Å². The number of hydrogen-bond acceptors (Lipinski definition) is 6. The molecule has 0 saturated carbocycles. The van der Waals surface area contributed by atoms with E-state index in [1.807, 2.05) is 45.0 Å². The number of ether oxygens (including phenoxy) is 3. The minimum atomic E-state index is -0.545. The summed E-state index contributed by atoms with van der Waals surface area (Å²) in [4.78, 5) is 27.7. The molecule has 29 heavy (non-hydrogen) atoms. The normalized spacial score (nSPS) is 10.9. The summed E-state index contributed by atoms with van der Waals surface area (Å²) < 4.78 is 15.7. The molecule has 1 heterocycles. The van der Waals surface area contributed by atoms with Gasteiger partial charge in [0, 0.05) is 29.6 Å². The lowest BCUT2D eigenvalue weighted by Gasteiger charge is -2.19. The number of halogens is 1. The van der Waals surface area contributed by atoms with Crippen LogP contribution < -0.4 is 10.1 Å². The van der Waals surface area contributed by atoms with Crippen molar-refractivity contribution in [3.05, 3.63) is 53.3 Å². The van der Waals surface area contributed by atoms with Crippen LogP contribution in [0.25, 0.3) is 0 Å². The Morgan fingerprint density at radius 1 is 1.14 bits per heavy atom. The number of hydrogen-bond donors (Lipinski definition) is 1. The molecule has 0 unspecified atom stereocenters. The van der Waals surface area contributed by atoms with Gasteiger partial charge in [0.25, 0.3) is 0 Å². The Morgan fingerprint density at radius 2 is 1.83 bits per heavy atom. The average Bonchev–Trinajstić information content (AvgIpc) is 2.67. The number of carbonyl (C=O) groups excluding carboxylic acids is 2. The largest absolute Gasteiger partial charge is 0.493 e. The van der Waals surface area contributed by atoms with Gasteiger partial charge >= 0.3 is 12.1 Å². The van der Waals surface area contributed by atoms with Crippen molar-refractivity contribution in [1.82, 2.24) is 4.98 Å². The number of pyridine rings is 1. The monoisotopic (exact) mass is 464 g/mol. The predicted octanol–water partition coefficient (Wildman–Crippen LogP) is 4.73. The van der Waals surface area contributed by atoms with Gasteiger partial charge in [-0.15, -0.1) is 0 Å². The second-order valence-electron chi connectivity index (χ2n) is 7.23. The molecule has 7 nitrogen and oxygen atoms in total. The quantitative estimate of drug-likeness (QED) is 0.470. The van der Waals surface area contributed by atoms with E-state index in [9.17, 15) is 9.59 Å². The van der Waals surface area contributed by atoms with Crippen molar-refractivity contribution in [2.24, 2.45) is 0 Å². The molecule has 0 bridgehead atoms. The topological polar surface area (TPSA) is 86.8 Å². The Morgan fingerprint density at radius 3 is 2.41 bits per heavy atom. The molecule has 0 fully saturated rings. The molecule has 2 aromatic rings. The van der Waals surface area contributed by atoms with Crippen molar-refractivity contribution >= 4 is 33.7 Å². The summed E-state index contributed by atoms with van der Waals surface area (Å²) in [5, 5.41) is 3.20. The Bertz CT molecular complexity index is 847. The average molecular weight is 465 g/mol. The molecule has 156 valence electrons.